The van der Waals surface area contributed by atoms with Gasteiger partial charge in [0.25, 0.3) is 5.91 Å². The third kappa shape index (κ3) is 2.90. The van der Waals surface area contributed by atoms with Crippen molar-refractivity contribution in [3.8, 4) is 11.5 Å². The maximum atomic E-state index is 13.4. The van der Waals surface area contributed by atoms with Crippen LogP contribution in [0.2, 0.25) is 0 Å². The number of fused-ring (bicyclic) bond motifs is 2. The average molecular weight is 437 g/mol. The Balaban J connectivity index is 1.56. The predicted octanol–water partition coefficient (Wildman–Crippen LogP) is 4.94. The van der Waals surface area contributed by atoms with Gasteiger partial charge in [-0.25, -0.2) is 0 Å². The number of nitrogens with one attached hydrogen (secondary N) is 1. The van der Waals surface area contributed by atoms with E-state index in [0.717, 1.165) is 27.0 Å². The van der Waals surface area contributed by atoms with Crippen LogP contribution in [0, 0.1) is 0 Å². The van der Waals surface area contributed by atoms with Crippen molar-refractivity contribution in [2.24, 2.45) is 0 Å². The second kappa shape index (κ2) is 6.87. The van der Waals surface area contributed by atoms with Crippen molar-refractivity contribution in [3.05, 3.63) is 87.9 Å². The molecule has 1 unspecified atom stereocenters. The highest BCUT2D eigenvalue weighted by atomic mass is 79.9. The average Bonchev–Trinajstić information content (AvgIpc) is 3.18. The molecule has 2 heterocycles. The van der Waals surface area contributed by atoms with Crippen molar-refractivity contribution >= 4 is 27.5 Å². The third-order valence-corrected chi connectivity index (χ3v) is 5.73. The summed E-state index contributed by atoms with van der Waals surface area (Å²) in [6.07, 6.45) is -0.289. The summed E-state index contributed by atoms with van der Waals surface area (Å²) in [5.74, 6) is 1.44. The van der Waals surface area contributed by atoms with Crippen LogP contribution in [0.15, 0.2) is 71.2 Å². The Kier molecular flexibility index (Phi) is 4.20. The number of para-hydroxylation sites is 1. The number of amides is 1. The van der Waals surface area contributed by atoms with Crippen molar-refractivity contribution in [1.82, 2.24) is 4.90 Å². The van der Waals surface area contributed by atoms with E-state index < -0.39 is 0 Å². The monoisotopic (exact) mass is 436 g/mol. The lowest BCUT2D eigenvalue weighted by atomic mass is 10.0. The largest absolute Gasteiger partial charge is 0.454 e. The van der Waals surface area contributed by atoms with Gasteiger partial charge < -0.3 is 19.7 Å². The number of benzene rings is 3. The maximum absolute atomic E-state index is 13.4. The molecule has 0 fully saturated rings. The first kappa shape index (κ1) is 17.1. The summed E-state index contributed by atoms with van der Waals surface area (Å²) >= 11 is 3.63. The molecule has 3 aromatic carbocycles. The highest BCUT2D eigenvalue weighted by molar-refractivity contribution is 9.10. The normalized spacial score (nSPS) is 17.2. The minimum absolute atomic E-state index is 0.00669. The van der Waals surface area contributed by atoms with E-state index >= 15 is 0 Å². The van der Waals surface area contributed by atoms with Crippen molar-refractivity contribution < 1.29 is 14.3 Å². The van der Waals surface area contributed by atoms with Crippen LogP contribution in [0.3, 0.4) is 0 Å². The van der Waals surface area contributed by atoms with Gasteiger partial charge in [-0.3, -0.25) is 4.79 Å². The lowest BCUT2D eigenvalue weighted by molar-refractivity contribution is 0.0666. The Hall–Kier alpha value is -2.99. The molecule has 2 aliphatic heterocycles. The van der Waals surface area contributed by atoms with Crippen LogP contribution in [0.5, 0.6) is 11.5 Å². The molecular weight excluding hydrogens is 420 g/mol. The van der Waals surface area contributed by atoms with Crippen LogP contribution >= 0.6 is 15.9 Å². The summed E-state index contributed by atoms with van der Waals surface area (Å²) in [5, 5.41) is 3.53. The molecule has 0 saturated carbocycles. The predicted molar refractivity (Wildman–Crippen MR) is 109 cm³/mol. The molecule has 1 N–H and O–H groups in total. The summed E-state index contributed by atoms with van der Waals surface area (Å²) < 4.78 is 11.8. The van der Waals surface area contributed by atoms with Crippen molar-refractivity contribution in [2.45, 2.75) is 12.7 Å². The van der Waals surface area contributed by atoms with E-state index in [9.17, 15) is 4.79 Å². The Morgan fingerprint density at radius 2 is 1.79 bits per heavy atom. The highest BCUT2D eigenvalue weighted by Gasteiger charge is 2.33. The molecule has 3 aromatic rings. The molecule has 1 atom stereocenters. The Labute approximate surface area is 171 Å². The first-order chi connectivity index (χ1) is 13.7. The first-order valence-corrected chi connectivity index (χ1v) is 9.79. The van der Waals surface area contributed by atoms with E-state index in [1.54, 1.807) is 0 Å². The van der Waals surface area contributed by atoms with Crippen LogP contribution in [-0.2, 0) is 6.54 Å². The Morgan fingerprint density at radius 3 is 2.68 bits per heavy atom. The van der Waals surface area contributed by atoms with Gasteiger partial charge in [0, 0.05) is 22.3 Å². The number of rotatable bonds is 3. The molecule has 0 spiro atoms. The number of ether oxygens (including phenoxy) is 2. The van der Waals surface area contributed by atoms with Gasteiger partial charge >= 0.3 is 0 Å². The van der Waals surface area contributed by atoms with Gasteiger partial charge in [-0.2, -0.15) is 0 Å². The second-order valence-electron chi connectivity index (χ2n) is 6.73. The van der Waals surface area contributed by atoms with E-state index in [4.69, 9.17) is 9.47 Å². The summed E-state index contributed by atoms with van der Waals surface area (Å²) in [6.45, 7) is 0.679. The molecule has 6 heteroatoms. The van der Waals surface area contributed by atoms with Crippen molar-refractivity contribution in [2.75, 3.05) is 12.1 Å². The lowest BCUT2D eigenvalue weighted by Gasteiger charge is -2.38. The summed E-state index contributed by atoms with van der Waals surface area (Å²) in [5.41, 5.74) is 3.50. The van der Waals surface area contributed by atoms with Crippen LogP contribution < -0.4 is 14.8 Å². The van der Waals surface area contributed by atoms with Gasteiger partial charge in [-0.05, 0) is 35.9 Å². The third-order valence-electron chi connectivity index (χ3n) is 5.01. The molecular formula is C22H17BrN2O3. The Bertz CT molecular complexity index is 1070. The summed E-state index contributed by atoms with van der Waals surface area (Å²) in [6, 6.07) is 21.4. The molecule has 1 amide bonds. The second-order valence-corrected chi connectivity index (χ2v) is 7.59. The number of carbonyl (C=O) groups is 1. The smallest absolute Gasteiger partial charge is 0.258 e. The minimum atomic E-state index is -0.289. The van der Waals surface area contributed by atoms with E-state index in [1.165, 1.54) is 0 Å². The fourth-order valence-corrected chi connectivity index (χ4v) is 4.14. The Morgan fingerprint density at radius 1 is 1.00 bits per heavy atom. The summed E-state index contributed by atoms with van der Waals surface area (Å²) in [4.78, 5) is 15.2. The molecule has 140 valence electrons. The number of anilines is 1. The molecule has 0 radical (unpaired) electrons. The van der Waals surface area contributed by atoms with Gasteiger partial charge in [0.05, 0.1) is 5.56 Å². The standard InChI is InChI=1S/C22H17BrN2O3/c23-17-7-3-1-5-15(17)21-24-18-8-4-2-6-16(18)22(26)25(21)12-14-9-10-19-20(11-14)28-13-27-19/h1-11,21,24H,12-13H2. The van der Waals surface area contributed by atoms with Crippen LogP contribution in [-0.4, -0.2) is 17.6 Å². The molecule has 5 nitrogen and oxygen atoms in total. The molecule has 5 rings (SSSR count). The number of hydrogen-bond donors (Lipinski definition) is 1. The zero-order chi connectivity index (χ0) is 19.1. The zero-order valence-corrected chi connectivity index (χ0v) is 16.5. The van der Waals surface area contributed by atoms with E-state index in [0.29, 0.717) is 17.9 Å². The zero-order valence-electron chi connectivity index (χ0n) is 14.9. The van der Waals surface area contributed by atoms with Crippen molar-refractivity contribution in [3.63, 3.8) is 0 Å². The number of carbonyl (C=O) groups excluding carboxylic acids is 1. The number of halogens is 1. The van der Waals surface area contributed by atoms with Crippen LogP contribution in [0.25, 0.3) is 0 Å². The minimum Gasteiger partial charge on any atom is -0.454 e. The quantitative estimate of drug-likeness (QED) is 0.631. The fourth-order valence-electron chi connectivity index (χ4n) is 3.63. The van der Waals surface area contributed by atoms with Gasteiger partial charge in [-0.1, -0.05) is 52.3 Å². The van der Waals surface area contributed by atoms with Gasteiger partial charge in [-0.15, -0.1) is 0 Å². The number of nitrogens with zero attached hydrogens (tertiary/aromatic N) is 1. The number of hydrogen-bond acceptors (Lipinski definition) is 4. The van der Waals surface area contributed by atoms with E-state index in [2.05, 4.69) is 21.2 Å². The molecule has 0 aliphatic carbocycles. The van der Waals surface area contributed by atoms with Gasteiger partial charge in [0.15, 0.2) is 11.5 Å². The molecule has 2 aliphatic rings. The van der Waals surface area contributed by atoms with Crippen molar-refractivity contribution in [1.29, 1.82) is 0 Å². The first-order valence-electron chi connectivity index (χ1n) is 9.00. The lowest BCUT2D eigenvalue weighted by Crippen LogP contribution is -2.42. The van der Waals surface area contributed by atoms with Crippen LogP contribution in [0.1, 0.15) is 27.7 Å². The maximum Gasteiger partial charge on any atom is 0.258 e. The van der Waals surface area contributed by atoms with E-state index in [1.807, 2.05) is 71.6 Å². The highest BCUT2D eigenvalue weighted by Crippen LogP contribution is 2.38. The molecule has 0 aromatic heterocycles. The SMILES string of the molecule is O=C1c2ccccc2NC(c2ccccc2Br)N1Cc1ccc2c(c1)OCO2. The van der Waals surface area contributed by atoms with Gasteiger partial charge in [0.1, 0.15) is 6.17 Å². The molecule has 28 heavy (non-hydrogen) atoms. The summed E-state index contributed by atoms with van der Waals surface area (Å²) in [7, 11) is 0. The molecule has 0 saturated heterocycles. The topological polar surface area (TPSA) is 50.8 Å². The van der Waals surface area contributed by atoms with Crippen LogP contribution in [0.4, 0.5) is 5.69 Å². The fraction of sp³-hybridized carbons (Fsp3) is 0.136. The molecule has 0 bridgehead atoms. The van der Waals surface area contributed by atoms with E-state index in [-0.39, 0.29) is 18.9 Å². The van der Waals surface area contributed by atoms with Gasteiger partial charge in [0.2, 0.25) is 6.79 Å².